The lowest BCUT2D eigenvalue weighted by molar-refractivity contribution is -0.151. The number of aliphatic hydroxyl groups excluding tert-OH is 1. The van der Waals surface area contributed by atoms with Gasteiger partial charge in [-0.3, -0.25) is 0 Å². The van der Waals surface area contributed by atoms with Gasteiger partial charge in [-0.2, -0.15) is 0 Å². The lowest BCUT2D eigenvalue weighted by Crippen LogP contribution is -2.51. The van der Waals surface area contributed by atoms with Gasteiger partial charge in [-0.1, -0.05) is 48.5 Å². The third-order valence-corrected chi connectivity index (χ3v) is 4.72. The van der Waals surface area contributed by atoms with E-state index in [0.29, 0.717) is 5.56 Å². The van der Waals surface area contributed by atoms with Crippen LogP contribution >= 0.6 is 0 Å². The predicted octanol–water partition coefficient (Wildman–Crippen LogP) is 2.65. The van der Waals surface area contributed by atoms with Gasteiger partial charge in [0.25, 0.3) is 0 Å². The number of nitrogens with one attached hydrogen (secondary N) is 1. The lowest BCUT2D eigenvalue weighted by atomic mass is 10.1. The van der Waals surface area contributed by atoms with E-state index in [1.54, 1.807) is 44.2 Å². The second kappa shape index (κ2) is 10.4. The van der Waals surface area contributed by atoms with E-state index in [2.05, 4.69) is 5.32 Å². The molecule has 166 valence electrons. The van der Waals surface area contributed by atoms with E-state index in [-0.39, 0.29) is 13.2 Å². The van der Waals surface area contributed by atoms with Crippen LogP contribution in [0.5, 0.6) is 0 Å². The van der Waals surface area contributed by atoms with E-state index < -0.39 is 42.7 Å². The molecule has 8 nitrogen and oxygen atoms in total. The van der Waals surface area contributed by atoms with Crippen molar-refractivity contribution in [1.82, 2.24) is 5.32 Å². The maximum atomic E-state index is 12.2. The van der Waals surface area contributed by atoms with Crippen LogP contribution in [0.15, 0.2) is 60.7 Å². The van der Waals surface area contributed by atoms with Gasteiger partial charge in [0.2, 0.25) is 0 Å². The molecule has 31 heavy (non-hydrogen) atoms. The topological polar surface area (TPSA) is 103 Å². The van der Waals surface area contributed by atoms with E-state index in [4.69, 9.17) is 18.9 Å². The second-order valence-electron chi connectivity index (χ2n) is 7.60. The molecule has 0 unspecified atom stereocenters. The molecule has 1 amide bonds. The van der Waals surface area contributed by atoms with Crippen molar-refractivity contribution in [3.63, 3.8) is 0 Å². The van der Waals surface area contributed by atoms with E-state index in [1.807, 2.05) is 30.3 Å². The fraction of sp³-hybridized carbons (Fsp3) is 0.391. The molecule has 1 heterocycles. The first-order valence-corrected chi connectivity index (χ1v) is 10.0. The van der Waals surface area contributed by atoms with Gasteiger partial charge in [0.1, 0.15) is 25.4 Å². The van der Waals surface area contributed by atoms with Crippen LogP contribution in [0, 0.1) is 0 Å². The van der Waals surface area contributed by atoms with Gasteiger partial charge >= 0.3 is 12.1 Å². The second-order valence-corrected chi connectivity index (χ2v) is 7.60. The van der Waals surface area contributed by atoms with Gasteiger partial charge in [-0.25, -0.2) is 9.59 Å². The Morgan fingerprint density at radius 1 is 1.03 bits per heavy atom. The van der Waals surface area contributed by atoms with Crippen molar-refractivity contribution in [2.24, 2.45) is 0 Å². The largest absolute Gasteiger partial charge is 0.459 e. The summed E-state index contributed by atoms with van der Waals surface area (Å²) in [5, 5.41) is 12.5. The minimum atomic E-state index is -0.975. The molecule has 0 spiro atoms. The van der Waals surface area contributed by atoms with Gasteiger partial charge in [0.05, 0.1) is 18.2 Å². The molecule has 8 heteroatoms. The van der Waals surface area contributed by atoms with Crippen LogP contribution < -0.4 is 5.32 Å². The van der Waals surface area contributed by atoms with Crippen molar-refractivity contribution in [1.29, 1.82) is 0 Å². The Bertz CT molecular complexity index is 857. The molecular formula is C23H27NO7. The number of benzene rings is 2. The molecule has 0 aliphatic carbocycles. The van der Waals surface area contributed by atoms with Crippen molar-refractivity contribution >= 4 is 12.1 Å². The zero-order chi connectivity index (χ0) is 22.3. The molecule has 2 N–H and O–H groups in total. The van der Waals surface area contributed by atoms with Gasteiger partial charge < -0.3 is 29.4 Å². The predicted molar refractivity (Wildman–Crippen MR) is 111 cm³/mol. The number of rotatable bonds is 8. The van der Waals surface area contributed by atoms with Crippen LogP contribution in [-0.2, 0) is 25.6 Å². The van der Waals surface area contributed by atoms with E-state index in [0.717, 1.165) is 5.56 Å². The van der Waals surface area contributed by atoms with Crippen molar-refractivity contribution < 1.29 is 33.6 Å². The molecule has 1 fully saturated rings. The van der Waals surface area contributed by atoms with Crippen LogP contribution in [0.1, 0.15) is 29.8 Å². The minimum Gasteiger partial charge on any atom is -0.459 e. The molecule has 0 bridgehead atoms. The van der Waals surface area contributed by atoms with Gasteiger partial charge in [0.15, 0.2) is 5.79 Å². The van der Waals surface area contributed by atoms with Crippen LogP contribution in [0.2, 0.25) is 0 Å². The van der Waals surface area contributed by atoms with Crippen molar-refractivity contribution in [3.8, 4) is 0 Å². The van der Waals surface area contributed by atoms with Crippen LogP contribution in [0.4, 0.5) is 4.79 Å². The first-order valence-electron chi connectivity index (χ1n) is 10.0. The molecule has 1 aliphatic rings. The summed E-state index contributed by atoms with van der Waals surface area (Å²) in [6.07, 6.45) is -2.13. The Hall–Kier alpha value is -2.94. The number of carbonyl (C=O) groups excluding carboxylic acids is 2. The van der Waals surface area contributed by atoms with Gasteiger partial charge in [-0.05, 0) is 31.5 Å². The average molecular weight is 429 g/mol. The number of hydrogen-bond donors (Lipinski definition) is 2. The van der Waals surface area contributed by atoms with Gasteiger partial charge in [-0.15, -0.1) is 0 Å². The first kappa shape index (κ1) is 22.7. The molecule has 1 aliphatic heterocycles. The molecule has 3 atom stereocenters. The molecular weight excluding hydrogens is 402 g/mol. The third-order valence-electron chi connectivity index (χ3n) is 4.72. The fourth-order valence-corrected chi connectivity index (χ4v) is 3.30. The summed E-state index contributed by atoms with van der Waals surface area (Å²) in [7, 11) is 0. The molecule has 1 saturated heterocycles. The summed E-state index contributed by atoms with van der Waals surface area (Å²) in [5.74, 6) is -1.47. The van der Waals surface area contributed by atoms with Gasteiger partial charge in [0, 0.05) is 0 Å². The summed E-state index contributed by atoms with van der Waals surface area (Å²) in [4.78, 5) is 24.5. The summed E-state index contributed by atoms with van der Waals surface area (Å²) in [6.45, 7) is 3.01. The zero-order valence-corrected chi connectivity index (χ0v) is 17.5. The summed E-state index contributed by atoms with van der Waals surface area (Å²) < 4.78 is 22.3. The highest BCUT2D eigenvalue weighted by molar-refractivity contribution is 5.89. The smallest absolute Gasteiger partial charge is 0.407 e. The first-order chi connectivity index (χ1) is 14.9. The number of carbonyl (C=O) groups is 2. The molecule has 3 rings (SSSR count). The van der Waals surface area contributed by atoms with Crippen LogP contribution in [0.25, 0.3) is 0 Å². The quantitative estimate of drug-likeness (QED) is 0.622. The highest BCUT2D eigenvalue weighted by Gasteiger charge is 2.46. The highest BCUT2D eigenvalue weighted by Crippen LogP contribution is 2.30. The Balaban J connectivity index is 1.58. The van der Waals surface area contributed by atoms with Crippen molar-refractivity contribution in [3.05, 3.63) is 71.8 Å². The Kier molecular flexibility index (Phi) is 7.62. The number of aliphatic hydroxyl groups is 1. The molecule has 2 aromatic rings. The minimum absolute atomic E-state index is 0.0937. The zero-order valence-electron chi connectivity index (χ0n) is 17.5. The molecule has 0 aromatic heterocycles. The Morgan fingerprint density at radius 3 is 2.32 bits per heavy atom. The fourth-order valence-electron chi connectivity index (χ4n) is 3.30. The summed E-state index contributed by atoms with van der Waals surface area (Å²) in [5.41, 5.74) is 1.25. The lowest BCUT2D eigenvalue weighted by Gasteiger charge is -2.25. The van der Waals surface area contributed by atoms with E-state index >= 15 is 0 Å². The normalized spacial score (nSPS) is 20.6. The Labute approximate surface area is 181 Å². The number of ether oxygens (including phenoxy) is 4. The monoisotopic (exact) mass is 429 g/mol. The Morgan fingerprint density at radius 2 is 1.68 bits per heavy atom. The van der Waals surface area contributed by atoms with Crippen molar-refractivity contribution in [2.45, 2.75) is 44.5 Å². The van der Waals surface area contributed by atoms with Crippen molar-refractivity contribution in [2.75, 3.05) is 13.2 Å². The highest BCUT2D eigenvalue weighted by atomic mass is 16.8. The number of alkyl carbamates (subject to hydrolysis) is 1. The third kappa shape index (κ3) is 6.52. The summed E-state index contributed by atoms with van der Waals surface area (Å²) >= 11 is 0. The molecule has 2 aromatic carbocycles. The summed E-state index contributed by atoms with van der Waals surface area (Å²) in [6, 6.07) is 17.0. The van der Waals surface area contributed by atoms with E-state index in [1.165, 1.54) is 0 Å². The van der Waals surface area contributed by atoms with Crippen LogP contribution in [0.3, 0.4) is 0 Å². The number of esters is 1. The number of hydrogen-bond acceptors (Lipinski definition) is 7. The SMILES string of the molecule is CC1(C)O[C@@H]([C@@H](CO)NC(=O)OCc2ccccc2)[C@@H](COC(=O)c2ccccc2)O1. The molecule has 0 radical (unpaired) electrons. The number of amides is 1. The van der Waals surface area contributed by atoms with E-state index in [9.17, 15) is 14.7 Å². The van der Waals surface area contributed by atoms with Crippen LogP contribution in [-0.4, -0.2) is 54.4 Å². The maximum Gasteiger partial charge on any atom is 0.407 e. The average Bonchev–Trinajstić information content (AvgIpc) is 3.09. The maximum absolute atomic E-state index is 12.2. The molecule has 0 saturated carbocycles. The standard InChI is InChI=1S/C23H27NO7/c1-23(2)30-19(15-28-21(26)17-11-7-4-8-12-17)20(31-23)18(13-25)24-22(27)29-14-16-9-5-3-6-10-16/h3-12,18-20,25H,13-15H2,1-2H3,(H,24,27)/t18-,19-,20+/m1/s1.